The number of para-hydroxylation sites is 1. The fourth-order valence-electron chi connectivity index (χ4n) is 4.95. The minimum absolute atomic E-state index is 0.0676. The van der Waals surface area contributed by atoms with Gasteiger partial charge in [0.2, 0.25) is 0 Å². The number of fused-ring (bicyclic) bond motifs is 1. The Morgan fingerprint density at radius 2 is 1.97 bits per heavy atom. The van der Waals surface area contributed by atoms with Gasteiger partial charge >= 0.3 is 5.97 Å². The molecule has 0 radical (unpaired) electrons. The third-order valence-corrected chi connectivity index (χ3v) is 6.48. The number of carbonyl (C=O) groups excluding carboxylic acids is 2. The van der Waals surface area contributed by atoms with Crippen LogP contribution in [0, 0.1) is 16.0 Å². The van der Waals surface area contributed by atoms with E-state index in [9.17, 15) is 29.9 Å². The van der Waals surface area contributed by atoms with Gasteiger partial charge in [-0.2, -0.15) is 0 Å². The summed E-state index contributed by atoms with van der Waals surface area (Å²) in [5.41, 5.74) is -1.88. The summed E-state index contributed by atoms with van der Waals surface area (Å²) in [4.78, 5) is 42.2. The summed E-state index contributed by atoms with van der Waals surface area (Å²) in [6, 6.07) is 5.79. The van der Waals surface area contributed by atoms with Crippen LogP contribution in [0.1, 0.15) is 25.3 Å². The third-order valence-electron chi connectivity index (χ3n) is 6.48. The normalized spacial score (nSPS) is 33.5. The van der Waals surface area contributed by atoms with Gasteiger partial charge in [0.15, 0.2) is 11.4 Å². The molecule has 11 nitrogen and oxygen atoms in total. The van der Waals surface area contributed by atoms with Crippen molar-refractivity contribution in [1.82, 2.24) is 0 Å². The van der Waals surface area contributed by atoms with Crippen LogP contribution in [0.5, 0.6) is 0 Å². The lowest BCUT2D eigenvalue weighted by Crippen LogP contribution is -2.53. The van der Waals surface area contributed by atoms with Crippen LogP contribution in [-0.4, -0.2) is 76.8 Å². The average molecular weight is 460 g/mol. The van der Waals surface area contributed by atoms with Gasteiger partial charge < -0.3 is 24.4 Å². The molecule has 3 aliphatic heterocycles. The molecule has 2 saturated heterocycles. The Kier molecular flexibility index (Phi) is 5.91. The Bertz CT molecular complexity index is 1080. The Hall–Kier alpha value is -2.99. The highest BCUT2D eigenvalue weighted by Gasteiger charge is 2.61. The molecule has 0 amide bonds. The number of allylic oxidation sites excluding steroid dienone is 1. The molecule has 2 fully saturated rings. The lowest BCUT2D eigenvalue weighted by molar-refractivity contribution is -0.385. The largest absolute Gasteiger partial charge is 0.468 e. The summed E-state index contributed by atoms with van der Waals surface area (Å²) in [5, 5.41) is 33.2. The summed E-state index contributed by atoms with van der Waals surface area (Å²) in [6.07, 6.45) is -3.03. The number of nitro groups is 1. The number of hydrogen-bond donors (Lipinski definition) is 2. The van der Waals surface area contributed by atoms with Crippen LogP contribution in [0.3, 0.4) is 0 Å². The number of hydrogen-bond acceptors (Lipinski definition) is 10. The van der Waals surface area contributed by atoms with Gasteiger partial charge in [-0.25, -0.2) is 0 Å². The quantitative estimate of drug-likeness (QED) is 0.366. The van der Waals surface area contributed by atoms with Crippen molar-refractivity contribution < 1.29 is 38.9 Å². The first kappa shape index (κ1) is 23.2. The zero-order valence-electron chi connectivity index (χ0n) is 18.3. The van der Waals surface area contributed by atoms with Gasteiger partial charge in [-0.3, -0.25) is 24.7 Å². The molecule has 3 aliphatic rings. The van der Waals surface area contributed by atoms with E-state index < -0.39 is 59.0 Å². The van der Waals surface area contributed by atoms with Crippen LogP contribution in [0.2, 0.25) is 0 Å². The Balaban J connectivity index is 1.89. The molecule has 3 heterocycles. The van der Waals surface area contributed by atoms with Gasteiger partial charge in [-0.05, 0) is 13.8 Å². The summed E-state index contributed by atoms with van der Waals surface area (Å²) in [6.45, 7) is 2.56. The first-order valence-electron chi connectivity index (χ1n) is 10.4. The van der Waals surface area contributed by atoms with E-state index in [-0.39, 0.29) is 29.1 Å². The lowest BCUT2D eigenvalue weighted by atomic mass is 9.71. The second-order valence-corrected chi connectivity index (χ2v) is 8.40. The van der Waals surface area contributed by atoms with Crippen LogP contribution >= 0.6 is 0 Å². The standard InChI is InChI=1S/C22H24N2O9/c1-10-15(19(26)22(28)9-33-18-14(25)8-32-20(18)22)17(16(11(2)23-10)21(27)31-3)12-6-4-5-7-13(12)24(29)30/h4-7,14,16-18,20,25,28H,8-9H2,1-3H3/t14-,16?,17?,18-,20+,22-/m1/s1. The van der Waals surface area contributed by atoms with E-state index >= 15 is 0 Å². The molecule has 6 atom stereocenters. The number of Topliss-reactive ketones (excluding diaryl/α,β-unsaturated/α-hetero) is 1. The van der Waals surface area contributed by atoms with E-state index in [2.05, 4.69) is 4.99 Å². The highest BCUT2D eigenvalue weighted by Crippen LogP contribution is 2.46. The Morgan fingerprint density at radius 1 is 1.27 bits per heavy atom. The molecule has 0 saturated carbocycles. The second kappa shape index (κ2) is 8.41. The highest BCUT2D eigenvalue weighted by atomic mass is 16.6. The number of aliphatic hydroxyl groups is 2. The van der Waals surface area contributed by atoms with Gasteiger partial charge in [-0.1, -0.05) is 18.2 Å². The van der Waals surface area contributed by atoms with Gasteiger partial charge in [0.1, 0.15) is 24.2 Å². The first-order valence-corrected chi connectivity index (χ1v) is 10.4. The van der Waals surface area contributed by atoms with Crippen LogP contribution in [0.15, 0.2) is 40.5 Å². The molecule has 1 aromatic rings. The van der Waals surface area contributed by atoms with Crippen LogP contribution in [0.25, 0.3) is 0 Å². The number of ether oxygens (including phenoxy) is 3. The summed E-state index contributed by atoms with van der Waals surface area (Å²) >= 11 is 0. The molecule has 2 N–H and O–H groups in total. The van der Waals surface area contributed by atoms with Crippen molar-refractivity contribution in [3.63, 3.8) is 0 Å². The van der Waals surface area contributed by atoms with Crippen LogP contribution < -0.4 is 0 Å². The summed E-state index contributed by atoms with van der Waals surface area (Å²) in [7, 11) is 1.18. The SMILES string of the molecule is COC(=O)C1C(C)=NC(C)=C(C(=O)[C@]2(O)CO[C@@H]3[C@H](O)CO[C@@H]32)C1c1ccccc1[N+](=O)[O-]. The molecule has 0 aliphatic carbocycles. The molecular formula is C22H24N2O9. The Labute approximate surface area is 188 Å². The summed E-state index contributed by atoms with van der Waals surface area (Å²) in [5.74, 6) is -3.82. The smallest absolute Gasteiger partial charge is 0.315 e. The molecule has 4 rings (SSSR count). The third kappa shape index (κ3) is 3.57. The lowest BCUT2D eigenvalue weighted by Gasteiger charge is -2.35. The van der Waals surface area contributed by atoms with Gasteiger partial charge in [0.05, 0.1) is 25.2 Å². The number of carbonyl (C=O) groups is 2. The highest BCUT2D eigenvalue weighted by molar-refractivity contribution is 6.11. The van der Waals surface area contributed by atoms with Gasteiger partial charge in [0.25, 0.3) is 5.69 Å². The van der Waals surface area contributed by atoms with Crippen molar-refractivity contribution in [2.45, 2.75) is 43.7 Å². The van der Waals surface area contributed by atoms with Gasteiger partial charge in [-0.15, -0.1) is 0 Å². The fraction of sp³-hybridized carbons (Fsp3) is 0.500. The molecule has 11 heteroatoms. The van der Waals surface area contributed by atoms with E-state index in [1.54, 1.807) is 13.0 Å². The molecule has 0 bridgehead atoms. The number of rotatable bonds is 5. The number of methoxy groups -OCH3 is 1. The molecule has 176 valence electrons. The van der Waals surface area contributed by atoms with Crippen molar-refractivity contribution in [3.05, 3.63) is 51.2 Å². The van der Waals surface area contributed by atoms with Crippen LogP contribution in [-0.2, 0) is 23.8 Å². The second-order valence-electron chi connectivity index (χ2n) is 8.40. The minimum Gasteiger partial charge on any atom is -0.468 e. The first-order chi connectivity index (χ1) is 15.6. The van der Waals surface area contributed by atoms with E-state index in [1.165, 1.54) is 32.2 Å². The fourth-order valence-corrected chi connectivity index (χ4v) is 4.95. The van der Waals surface area contributed by atoms with Crippen molar-refractivity contribution in [1.29, 1.82) is 0 Å². The predicted octanol–water partition coefficient (Wildman–Crippen LogP) is 0.675. The van der Waals surface area contributed by atoms with E-state index in [0.29, 0.717) is 5.71 Å². The molecule has 0 spiro atoms. The molecule has 0 aromatic heterocycles. The minimum atomic E-state index is -2.16. The van der Waals surface area contributed by atoms with E-state index in [4.69, 9.17) is 14.2 Å². The molecule has 1 aromatic carbocycles. The number of esters is 1. The van der Waals surface area contributed by atoms with Crippen molar-refractivity contribution in [2.75, 3.05) is 20.3 Å². The molecule has 33 heavy (non-hydrogen) atoms. The molecule has 2 unspecified atom stereocenters. The van der Waals surface area contributed by atoms with E-state index in [1.807, 2.05) is 0 Å². The maximum absolute atomic E-state index is 13.9. The monoisotopic (exact) mass is 460 g/mol. The number of nitro benzene ring substituents is 1. The van der Waals surface area contributed by atoms with Crippen LogP contribution in [0.4, 0.5) is 5.69 Å². The van der Waals surface area contributed by atoms with Crippen molar-refractivity contribution in [3.8, 4) is 0 Å². The number of aliphatic hydroxyl groups excluding tert-OH is 1. The number of nitrogens with zero attached hydrogens (tertiary/aromatic N) is 2. The topological polar surface area (TPSA) is 158 Å². The van der Waals surface area contributed by atoms with Gasteiger partial charge in [0, 0.05) is 34.5 Å². The maximum atomic E-state index is 13.9. The van der Waals surface area contributed by atoms with E-state index in [0.717, 1.165) is 0 Å². The average Bonchev–Trinajstić information content (AvgIpc) is 3.33. The number of ketones is 1. The van der Waals surface area contributed by atoms with Crippen molar-refractivity contribution in [2.24, 2.45) is 10.9 Å². The zero-order chi connectivity index (χ0) is 24.1. The number of benzene rings is 1. The zero-order valence-corrected chi connectivity index (χ0v) is 18.3. The molecular weight excluding hydrogens is 436 g/mol. The predicted molar refractivity (Wildman–Crippen MR) is 113 cm³/mol. The number of aliphatic imine (C=N–C) groups is 1. The van der Waals surface area contributed by atoms with Crippen molar-refractivity contribution >= 4 is 23.2 Å². The Morgan fingerprint density at radius 3 is 2.64 bits per heavy atom. The summed E-state index contributed by atoms with van der Waals surface area (Å²) < 4.78 is 15.9. The maximum Gasteiger partial charge on any atom is 0.315 e.